The molecular formula is C12H12N6O2S. The number of hydroxylamine groups is 2. The van der Waals surface area contributed by atoms with Crippen LogP contribution in [-0.2, 0) is 4.84 Å². The first-order valence-corrected chi connectivity index (χ1v) is 7.31. The van der Waals surface area contributed by atoms with Crippen LogP contribution in [0.4, 0.5) is 4.79 Å². The highest BCUT2D eigenvalue weighted by Gasteiger charge is 2.51. The molecular weight excluding hydrogens is 292 g/mol. The molecule has 4 heterocycles. The van der Waals surface area contributed by atoms with E-state index in [1.54, 1.807) is 16.5 Å². The molecule has 4 rings (SSSR count). The minimum Gasteiger partial charge on any atom is -0.304 e. The molecule has 2 aromatic rings. The quantitative estimate of drug-likeness (QED) is 0.859. The number of carbonyl (C=O) groups excluding carboxylic acids is 1. The fourth-order valence-electron chi connectivity index (χ4n) is 2.77. The van der Waals surface area contributed by atoms with E-state index in [2.05, 4.69) is 26.7 Å². The van der Waals surface area contributed by atoms with E-state index in [1.165, 1.54) is 22.7 Å². The maximum Gasteiger partial charge on any atom is 0.345 e. The van der Waals surface area contributed by atoms with Gasteiger partial charge in [-0.1, -0.05) is 6.08 Å². The number of hydrogen-bond acceptors (Lipinski definition) is 6. The summed E-state index contributed by atoms with van der Waals surface area (Å²) in [6.45, 7) is 4.45. The molecule has 0 saturated carbocycles. The minimum atomic E-state index is -0.338. The van der Waals surface area contributed by atoms with Crippen molar-refractivity contribution >= 4 is 17.4 Å². The van der Waals surface area contributed by atoms with Gasteiger partial charge in [0.05, 0.1) is 29.2 Å². The molecule has 1 unspecified atom stereocenters. The van der Waals surface area contributed by atoms with Crippen molar-refractivity contribution in [3.05, 3.63) is 40.9 Å². The number of hydrogen-bond donors (Lipinski definition) is 1. The molecule has 0 radical (unpaired) electrons. The van der Waals surface area contributed by atoms with Gasteiger partial charge in [0.25, 0.3) is 0 Å². The van der Waals surface area contributed by atoms with Gasteiger partial charge in [-0.25, -0.2) is 14.8 Å². The van der Waals surface area contributed by atoms with Crippen molar-refractivity contribution in [2.45, 2.75) is 12.1 Å². The van der Waals surface area contributed by atoms with Crippen LogP contribution in [-0.4, -0.2) is 49.3 Å². The molecule has 1 N–H and O–H groups in total. The largest absolute Gasteiger partial charge is 0.345 e. The third kappa shape index (κ3) is 1.71. The van der Waals surface area contributed by atoms with Gasteiger partial charge in [0.2, 0.25) is 0 Å². The number of nitrogens with zero attached hydrogens (tertiary/aromatic N) is 5. The average Bonchev–Trinajstić information content (AvgIpc) is 3.21. The van der Waals surface area contributed by atoms with Crippen molar-refractivity contribution in [3.63, 3.8) is 0 Å². The monoisotopic (exact) mass is 304 g/mol. The standard InChI is InChI=1S/C12H12N6O2S/c1-2-3-20-18-7-4-17(12(18)19)9(11-13-5-15-16-11)8-10(7)21-6-14-8/h2,5-7,9H,1,3-4H2,(H,13,15,16)/t7-,9?/m0/s1. The lowest BCUT2D eigenvalue weighted by molar-refractivity contribution is -0.118. The number of thiazole rings is 1. The summed E-state index contributed by atoms with van der Waals surface area (Å²) in [7, 11) is 0. The fraction of sp³-hybridized carbons (Fsp3) is 0.333. The average molecular weight is 304 g/mol. The van der Waals surface area contributed by atoms with Crippen LogP contribution in [0.25, 0.3) is 0 Å². The zero-order chi connectivity index (χ0) is 14.4. The van der Waals surface area contributed by atoms with Gasteiger partial charge in [-0.05, 0) is 0 Å². The minimum absolute atomic E-state index is 0.126. The van der Waals surface area contributed by atoms with E-state index in [1.807, 2.05) is 0 Å². The number of amides is 2. The van der Waals surface area contributed by atoms with E-state index in [9.17, 15) is 4.79 Å². The molecule has 1 fully saturated rings. The highest BCUT2D eigenvalue weighted by Crippen LogP contribution is 2.46. The van der Waals surface area contributed by atoms with Gasteiger partial charge in [-0.3, -0.25) is 9.94 Å². The Morgan fingerprint density at radius 3 is 3.24 bits per heavy atom. The number of carbonyl (C=O) groups is 1. The zero-order valence-corrected chi connectivity index (χ0v) is 11.8. The van der Waals surface area contributed by atoms with E-state index in [0.29, 0.717) is 12.4 Å². The van der Waals surface area contributed by atoms with E-state index in [4.69, 9.17) is 4.84 Å². The second-order valence-electron chi connectivity index (χ2n) is 4.74. The first kappa shape index (κ1) is 12.5. The van der Waals surface area contributed by atoms with Crippen LogP contribution in [0.2, 0.25) is 0 Å². The molecule has 21 heavy (non-hydrogen) atoms. The van der Waals surface area contributed by atoms with Gasteiger partial charge in [-0.2, -0.15) is 10.2 Å². The summed E-state index contributed by atoms with van der Waals surface area (Å²) in [6, 6.07) is -0.651. The van der Waals surface area contributed by atoms with Gasteiger partial charge in [0.1, 0.15) is 18.4 Å². The molecule has 2 aliphatic heterocycles. The number of aromatic amines is 1. The molecule has 2 aromatic heterocycles. The summed E-state index contributed by atoms with van der Waals surface area (Å²) in [4.78, 5) is 29.4. The lowest BCUT2D eigenvalue weighted by Crippen LogP contribution is -2.35. The topological polar surface area (TPSA) is 87.2 Å². The Kier molecular flexibility index (Phi) is 2.76. The number of fused-ring (bicyclic) bond motifs is 4. The second kappa shape index (κ2) is 4.64. The molecule has 8 nitrogen and oxygen atoms in total. The van der Waals surface area contributed by atoms with Crippen LogP contribution >= 0.6 is 11.3 Å². The van der Waals surface area contributed by atoms with E-state index < -0.39 is 0 Å². The first-order valence-electron chi connectivity index (χ1n) is 6.43. The molecule has 9 heteroatoms. The molecule has 2 bridgehead atoms. The molecule has 0 aromatic carbocycles. The Bertz CT molecular complexity index is 684. The Labute approximate surface area is 124 Å². The molecule has 0 spiro atoms. The van der Waals surface area contributed by atoms with Gasteiger partial charge < -0.3 is 4.90 Å². The highest BCUT2D eigenvalue weighted by atomic mass is 32.1. The zero-order valence-electron chi connectivity index (χ0n) is 11.0. The molecule has 2 amide bonds. The highest BCUT2D eigenvalue weighted by molar-refractivity contribution is 7.09. The number of aromatic nitrogens is 4. The van der Waals surface area contributed by atoms with E-state index >= 15 is 0 Å². The fourth-order valence-corrected chi connectivity index (χ4v) is 3.66. The summed E-state index contributed by atoms with van der Waals surface area (Å²) in [5, 5.41) is 8.12. The normalized spacial score (nSPS) is 23.5. The smallest absolute Gasteiger partial charge is 0.304 e. The summed E-state index contributed by atoms with van der Waals surface area (Å²) in [6.07, 6.45) is 3.05. The van der Waals surface area contributed by atoms with Crippen molar-refractivity contribution in [3.8, 4) is 0 Å². The number of H-pyrrole nitrogens is 1. The van der Waals surface area contributed by atoms with Crippen LogP contribution in [0.5, 0.6) is 0 Å². The van der Waals surface area contributed by atoms with E-state index in [0.717, 1.165) is 10.6 Å². The van der Waals surface area contributed by atoms with Crippen LogP contribution in [0.15, 0.2) is 24.5 Å². The van der Waals surface area contributed by atoms with Crippen LogP contribution in [0.1, 0.15) is 28.5 Å². The van der Waals surface area contributed by atoms with Gasteiger partial charge in [0, 0.05) is 0 Å². The molecule has 1 saturated heterocycles. The summed E-state index contributed by atoms with van der Waals surface area (Å²) in [5.74, 6) is 0.611. The Hall–Kier alpha value is -2.26. The van der Waals surface area contributed by atoms with E-state index in [-0.39, 0.29) is 24.7 Å². The second-order valence-corrected chi connectivity index (χ2v) is 5.62. The third-order valence-corrected chi connectivity index (χ3v) is 4.55. The number of nitrogens with one attached hydrogen (secondary N) is 1. The SMILES string of the molecule is C=CCON1C(=O)N2C[C@H]1c1scnc1C2c1ncn[nH]1. The van der Waals surface area contributed by atoms with Crippen LogP contribution < -0.4 is 0 Å². The summed E-state index contributed by atoms with van der Waals surface area (Å²) < 4.78 is 0. The predicted molar refractivity (Wildman–Crippen MR) is 73.2 cm³/mol. The lowest BCUT2D eigenvalue weighted by Gasteiger charge is -2.27. The Morgan fingerprint density at radius 2 is 2.48 bits per heavy atom. The third-order valence-electron chi connectivity index (χ3n) is 3.61. The maximum absolute atomic E-state index is 12.6. The summed E-state index contributed by atoms with van der Waals surface area (Å²) in [5.41, 5.74) is 2.62. The summed E-state index contributed by atoms with van der Waals surface area (Å²) >= 11 is 1.53. The van der Waals surface area contributed by atoms with Gasteiger partial charge in [0.15, 0.2) is 5.82 Å². The first-order chi connectivity index (χ1) is 10.3. The maximum atomic E-state index is 12.6. The van der Waals surface area contributed by atoms with Gasteiger partial charge >= 0.3 is 6.03 Å². The van der Waals surface area contributed by atoms with Gasteiger partial charge in [-0.15, -0.1) is 17.9 Å². The van der Waals surface area contributed by atoms with Crippen molar-refractivity contribution in [2.24, 2.45) is 0 Å². The molecule has 2 aliphatic rings. The van der Waals surface area contributed by atoms with Crippen molar-refractivity contribution in [2.75, 3.05) is 13.2 Å². The molecule has 0 aliphatic carbocycles. The van der Waals surface area contributed by atoms with Crippen molar-refractivity contribution in [1.82, 2.24) is 30.1 Å². The molecule has 2 atom stereocenters. The number of urea groups is 1. The van der Waals surface area contributed by atoms with Crippen molar-refractivity contribution < 1.29 is 9.63 Å². The predicted octanol–water partition coefficient (Wildman–Crippen LogP) is 1.26. The van der Waals surface area contributed by atoms with Crippen LogP contribution in [0, 0.1) is 0 Å². The van der Waals surface area contributed by atoms with Crippen LogP contribution in [0.3, 0.4) is 0 Å². The molecule has 108 valence electrons. The Balaban J connectivity index is 1.78. The number of rotatable bonds is 4. The Morgan fingerprint density at radius 1 is 1.57 bits per heavy atom. The van der Waals surface area contributed by atoms with Crippen molar-refractivity contribution in [1.29, 1.82) is 0 Å². The lowest BCUT2D eigenvalue weighted by atomic mass is 10.0.